The van der Waals surface area contributed by atoms with Gasteiger partial charge in [0, 0.05) is 36.4 Å². The maximum Gasteiger partial charge on any atom is 0.255 e. The number of carbonyl (C=O) groups excluding carboxylic acids is 1. The molecule has 0 atom stereocenters. The van der Waals surface area contributed by atoms with Crippen molar-refractivity contribution in [3.8, 4) is 0 Å². The number of benzene rings is 1. The molecule has 0 unspecified atom stereocenters. The van der Waals surface area contributed by atoms with Crippen LogP contribution in [0.5, 0.6) is 0 Å². The molecule has 0 bridgehead atoms. The largest absolute Gasteiger partial charge is 0.376 e. The van der Waals surface area contributed by atoms with Crippen molar-refractivity contribution in [2.24, 2.45) is 0 Å². The molecule has 4 nitrogen and oxygen atoms in total. The lowest BCUT2D eigenvalue weighted by atomic mass is 10.2. The summed E-state index contributed by atoms with van der Waals surface area (Å²) in [4.78, 5) is 17.4. The molecular formula is C14H13BrFN3O. The van der Waals surface area contributed by atoms with Gasteiger partial charge in [-0.3, -0.25) is 4.79 Å². The van der Waals surface area contributed by atoms with E-state index in [1.54, 1.807) is 6.07 Å². The van der Waals surface area contributed by atoms with Crippen LogP contribution in [-0.4, -0.2) is 25.0 Å². The minimum absolute atomic E-state index is 0.224. The van der Waals surface area contributed by atoms with Gasteiger partial charge in [0.2, 0.25) is 5.95 Å². The molecule has 2 rings (SSSR count). The maximum atomic E-state index is 13.0. The molecule has 0 saturated heterocycles. The van der Waals surface area contributed by atoms with Crippen molar-refractivity contribution >= 4 is 33.2 Å². The summed E-state index contributed by atoms with van der Waals surface area (Å²) in [5.41, 5.74) is 1.73. The molecule has 1 amide bonds. The number of rotatable bonds is 3. The third-order valence-electron chi connectivity index (χ3n) is 2.68. The first-order valence-corrected chi connectivity index (χ1v) is 6.66. The van der Waals surface area contributed by atoms with E-state index in [9.17, 15) is 9.18 Å². The number of carbonyl (C=O) groups is 1. The fraction of sp³-hybridized carbons (Fsp3) is 0.143. The second-order valence-electron chi connectivity index (χ2n) is 4.38. The first-order valence-electron chi connectivity index (χ1n) is 5.87. The second kappa shape index (κ2) is 6.00. The average molecular weight is 338 g/mol. The molecule has 0 radical (unpaired) electrons. The molecule has 1 aromatic heterocycles. The molecule has 0 aliphatic rings. The van der Waals surface area contributed by atoms with Gasteiger partial charge in [-0.25, -0.2) is 4.98 Å². The van der Waals surface area contributed by atoms with Crippen LogP contribution in [-0.2, 0) is 0 Å². The lowest BCUT2D eigenvalue weighted by Crippen LogP contribution is -2.17. The Labute approximate surface area is 124 Å². The van der Waals surface area contributed by atoms with Gasteiger partial charge in [0.05, 0.1) is 11.4 Å². The standard InChI is InChI=1S/C14H13BrFN3O/c1-19(2)12-4-3-10(15)8-11(12)18-14(20)9-5-6-17-13(16)7-9/h3-8H,1-2H3,(H,18,20). The molecule has 2 aromatic rings. The number of pyridine rings is 1. The molecule has 1 heterocycles. The zero-order valence-electron chi connectivity index (χ0n) is 11.0. The molecule has 6 heteroatoms. The normalized spacial score (nSPS) is 10.2. The highest BCUT2D eigenvalue weighted by Gasteiger charge is 2.11. The fourth-order valence-electron chi connectivity index (χ4n) is 1.74. The number of nitrogens with zero attached hydrogens (tertiary/aromatic N) is 2. The van der Waals surface area contributed by atoms with Crippen LogP contribution in [0.2, 0.25) is 0 Å². The van der Waals surface area contributed by atoms with E-state index in [0.717, 1.165) is 16.2 Å². The number of aromatic nitrogens is 1. The summed E-state index contributed by atoms with van der Waals surface area (Å²) >= 11 is 3.36. The van der Waals surface area contributed by atoms with Crippen molar-refractivity contribution in [1.29, 1.82) is 0 Å². The SMILES string of the molecule is CN(C)c1ccc(Br)cc1NC(=O)c1ccnc(F)c1. The summed E-state index contributed by atoms with van der Waals surface area (Å²) in [5.74, 6) is -1.06. The number of amides is 1. The van der Waals surface area contributed by atoms with E-state index in [1.165, 1.54) is 12.3 Å². The van der Waals surface area contributed by atoms with E-state index in [4.69, 9.17) is 0 Å². The summed E-state index contributed by atoms with van der Waals surface area (Å²) < 4.78 is 13.9. The maximum absolute atomic E-state index is 13.0. The lowest BCUT2D eigenvalue weighted by molar-refractivity contribution is 0.102. The molecule has 104 valence electrons. The molecule has 0 aliphatic carbocycles. The molecule has 0 spiro atoms. The molecule has 20 heavy (non-hydrogen) atoms. The lowest BCUT2D eigenvalue weighted by Gasteiger charge is -2.18. The van der Waals surface area contributed by atoms with E-state index in [1.807, 2.05) is 31.1 Å². The molecular weight excluding hydrogens is 325 g/mol. The van der Waals surface area contributed by atoms with Crippen LogP contribution in [0.15, 0.2) is 41.0 Å². The Balaban J connectivity index is 2.30. The predicted molar refractivity (Wildman–Crippen MR) is 80.6 cm³/mol. The van der Waals surface area contributed by atoms with Crippen LogP contribution in [0.25, 0.3) is 0 Å². The van der Waals surface area contributed by atoms with Crippen LogP contribution in [0, 0.1) is 5.95 Å². The van der Waals surface area contributed by atoms with Crippen molar-refractivity contribution in [3.05, 3.63) is 52.5 Å². The van der Waals surface area contributed by atoms with E-state index < -0.39 is 5.95 Å². The van der Waals surface area contributed by atoms with Gasteiger partial charge in [-0.2, -0.15) is 4.39 Å². The minimum Gasteiger partial charge on any atom is -0.376 e. The summed E-state index contributed by atoms with van der Waals surface area (Å²) in [6.07, 6.45) is 1.26. The van der Waals surface area contributed by atoms with Crippen molar-refractivity contribution < 1.29 is 9.18 Å². The Morgan fingerprint density at radius 2 is 2.05 bits per heavy atom. The van der Waals surface area contributed by atoms with Gasteiger partial charge in [0.25, 0.3) is 5.91 Å². The van der Waals surface area contributed by atoms with Gasteiger partial charge in [-0.05, 0) is 24.3 Å². The highest BCUT2D eigenvalue weighted by atomic mass is 79.9. The number of halogens is 2. The zero-order chi connectivity index (χ0) is 14.7. The summed E-state index contributed by atoms with van der Waals surface area (Å²) in [5, 5.41) is 2.77. The van der Waals surface area contributed by atoms with Crippen molar-refractivity contribution in [2.45, 2.75) is 0 Å². The second-order valence-corrected chi connectivity index (χ2v) is 5.29. The van der Waals surface area contributed by atoms with E-state index in [-0.39, 0.29) is 11.5 Å². The van der Waals surface area contributed by atoms with Crippen molar-refractivity contribution in [1.82, 2.24) is 4.98 Å². The van der Waals surface area contributed by atoms with Crippen LogP contribution in [0.3, 0.4) is 0 Å². The van der Waals surface area contributed by atoms with Gasteiger partial charge in [-0.15, -0.1) is 0 Å². The van der Waals surface area contributed by atoms with Gasteiger partial charge in [0.1, 0.15) is 0 Å². The van der Waals surface area contributed by atoms with Crippen LogP contribution in [0.1, 0.15) is 10.4 Å². The summed E-state index contributed by atoms with van der Waals surface area (Å²) in [6.45, 7) is 0. The smallest absolute Gasteiger partial charge is 0.255 e. The first-order chi connectivity index (χ1) is 9.47. The molecule has 0 saturated carbocycles. The third-order valence-corrected chi connectivity index (χ3v) is 3.17. The Hall–Kier alpha value is -1.95. The summed E-state index contributed by atoms with van der Waals surface area (Å²) in [7, 11) is 3.76. The van der Waals surface area contributed by atoms with Gasteiger partial charge in [-0.1, -0.05) is 15.9 Å². The van der Waals surface area contributed by atoms with Crippen LogP contribution < -0.4 is 10.2 Å². The zero-order valence-corrected chi connectivity index (χ0v) is 12.6. The Bertz CT molecular complexity index is 646. The van der Waals surface area contributed by atoms with Crippen LogP contribution in [0.4, 0.5) is 15.8 Å². The minimum atomic E-state index is -0.681. The van der Waals surface area contributed by atoms with E-state index >= 15 is 0 Å². The number of nitrogens with one attached hydrogen (secondary N) is 1. The predicted octanol–water partition coefficient (Wildman–Crippen LogP) is 3.30. The quantitative estimate of drug-likeness (QED) is 0.874. The van der Waals surface area contributed by atoms with Gasteiger partial charge in [0.15, 0.2) is 0 Å². The average Bonchev–Trinajstić information content (AvgIpc) is 2.38. The van der Waals surface area contributed by atoms with Gasteiger partial charge >= 0.3 is 0 Å². The molecule has 1 N–H and O–H groups in total. The number of anilines is 2. The Morgan fingerprint density at radius 1 is 1.30 bits per heavy atom. The number of hydrogen-bond donors (Lipinski definition) is 1. The Kier molecular flexibility index (Phi) is 4.34. The van der Waals surface area contributed by atoms with Crippen LogP contribution >= 0.6 is 15.9 Å². The van der Waals surface area contributed by atoms with E-state index in [0.29, 0.717) is 5.69 Å². The highest BCUT2D eigenvalue weighted by molar-refractivity contribution is 9.10. The van der Waals surface area contributed by atoms with Crippen molar-refractivity contribution in [2.75, 3.05) is 24.3 Å². The van der Waals surface area contributed by atoms with E-state index in [2.05, 4.69) is 26.2 Å². The topological polar surface area (TPSA) is 45.2 Å². The molecule has 0 aliphatic heterocycles. The first kappa shape index (κ1) is 14.5. The highest BCUT2D eigenvalue weighted by Crippen LogP contribution is 2.28. The third kappa shape index (κ3) is 3.33. The molecule has 1 aromatic carbocycles. The number of hydrogen-bond acceptors (Lipinski definition) is 3. The Morgan fingerprint density at radius 3 is 2.70 bits per heavy atom. The molecule has 0 fully saturated rings. The fourth-order valence-corrected chi connectivity index (χ4v) is 2.10. The van der Waals surface area contributed by atoms with Gasteiger partial charge < -0.3 is 10.2 Å². The van der Waals surface area contributed by atoms with Crippen molar-refractivity contribution in [3.63, 3.8) is 0 Å². The monoisotopic (exact) mass is 337 g/mol. The summed E-state index contributed by atoms with van der Waals surface area (Å²) in [6, 6.07) is 8.13.